The number of furan rings is 1. The molecule has 0 aliphatic carbocycles. The van der Waals surface area contributed by atoms with Gasteiger partial charge in [-0.2, -0.15) is 0 Å². The summed E-state index contributed by atoms with van der Waals surface area (Å²) in [5.74, 6) is 0.477. The standard InChI is InChI=1S/C24H19BrNO6/c1-2-30-24(27)22-18-12-21(31-14-15-8-10-17(11-9-15)26(28)29)19(25)13-20(18)32-23(22)16-6-4-3-5-7-16/h3-13,28H,2,14H2,1H3/q-1. The maximum absolute atomic E-state index is 12.8. The van der Waals surface area contributed by atoms with Crippen molar-refractivity contribution in [3.8, 4) is 17.1 Å². The van der Waals surface area contributed by atoms with Gasteiger partial charge in [-0.1, -0.05) is 42.5 Å². The molecule has 0 aliphatic rings. The van der Waals surface area contributed by atoms with Crippen LogP contribution in [-0.4, -0.2) is 17.8 Å². The number of benzene rings is 3. The Labute approximate surface area is 192 Å². The van der Waals surface area contributed by atoms with E-state index in [4.69, 9.17) is 19.1 Å². The molecule has 0 saturated carbocycles. The summed E-state index contributed by atoms with van der Waals surface area (Å²) >= 11 is 3.50. The van der Waals surface area contributed by atoms with Gasteiger partial charge >= 0.3 is 5.97 Å². The molecule has 4 rings (SSSR count). The minimum absolute atomic E-state index is 0.127. The van der Waals surface area contributed by atoms with Crippen LogP contribution in [0, 0.1) is 5.21 Å². The highest BCUT2D eigenvalue weighted by atomic mass is 79.9. The molecule has 8 heteroatoms. The zero-order valence-electron chi connectivity index (χ0n) is 17.1. The summed E-state index contributed by atoms with van der Waals surface area (Å²) in [4.78, 5) is 12.8. The monoisotopic (exact) mass is 496 g/mol. The average molecular weight is 497 g/mol. The number of hydrogen-bond acceptors (Lipinski definition) is 7. The first-order chi connectivity index (χ1) is 15.5. The Hall–Kier alpha value is -3.33. The van der Waals surface area contributed by atoms with E-state index in [1.54, 1.807) is 31.2 Å². The van der Waals surface area contributed by atoms with Crippen LogP contribution in [-0.2, 0) is 11.3 Å². The maximum Gasteiger partial charge on any atom is 0.342 e. The lowest BCUT2D eigenvalue weighted by atomic mass is 10.1. The molecular weight excluding hydrogens is 478 g/mol. The zero-order chi connectivity index (χ0) is 22.7. The number of ether oxygens (including phenoxy) is 2. The third kappa shape index (κ3) is 4.47. The Morgan fingerprint density at radius 2 is 1.84 bits per heavy atom. The lowest BCUT2D eigenvalue weighted by Gasteiger charge is -2.21. The first kappa shape index (κ1) is 21.9. The van der Waals surface area contributed by atoms with E-state index in [9.17, 15) is 10.0 Å². The highest BCUT2D eigenvalue weighted by molar-refractivity contribution is 9.10. The van der Waals surface area contributed by atoms with Crippen molar-refractivity contribution in [2.75, 3.05) is 11.8 Å². The van der Waals surface area contributed by atoms with Gasteiger partial charge in [-0.15, -0.1) is 0 Å². The van der Waals surface area contributed by atoms with Crippen LogP contribution in [0.3, 0.4) is 0 Å². The summed E-state index contributed by atoms with van der Waals surface area (Å²) in [6.07, 6.45) is 0. The van der Waals surface area contributed by atoms with Crippen molar-refractivity contribution in [2.24, 2.45) is 0 Å². The van der Waals surface area contributed by atoms with Gasteiger partial charge in [-0.05, 0) is 52.7 Å². The fraction of sp³-hybridized carbons (Fsp3) is 0.125. The van der Waals surface area contributed by atoms with Gasteiger partial charge in [0.05, 0.1) is 16.8 Å². The molecule has 0 atom stereocenters. The molecule has 1 heterocycles. The van der Waals surface area contributed by atoms with Crippen molar-refractivity contribution < 1.29 is 23.9 Å². The Morgan fingerprint density at radius 3 is 2.50 bits per heavy atom. The van der Waals surface area contributed by atoms with Gasteiger partial charge in [0.25, 0.3) is 0 Å². The predicted molar refractivity (Wildman–Crippen MR) is 124 cm³/mol. The van der Waals surface area contributed by atoms with Crippen molar-refractivity contribution in [3.63, 3.8) is 0 Å². The number of nitrogens with zero attached hydrogens (tertiary/aromatic N) is 1. The topological polar surface area (TPSA) is 95.2 Å². The molecule has 4 aromatic rings. The first-order valence-corrected chi connectivity index (χ1v) is 10.6. The van der Waals surface area contributed by atoms with Crippen LogP contribution >= 0.6 is 15.9 Å². The molecule has 0 fully saturated rings. The van der Waals surface area contributed by atoms with Crippen LogP contribution in [0.1, 0.15) is 22.8 Å². The summed E-state index contributed by atoms with van der Waals surface area (Å²) in [6, 6.07) is 19.2. The second kappa shape index (κ2) is 9.44. The Kier molecular flexibility index (Phi) is 6.45. The van der Waals surface area contributed by atoms with Gasteiger partial charge in [-0.3, -0.25) is 5.21 Å². The Balaban J connectivity index is 1.71. The third-order valence-electron chi connectivity index (χ3n) is 4.81. The number of rotatable bonds is 7. The molecular formula is C24H19BrNO6-. The van der Waals surface area contributed by atoms with Crippen LogP contribution in [0.2, 0.25) is 0 Å². The Morgan fingerprint density at radius 1 is 1.12 bits per heavy atom. The molecule has 1 N–H and O–H groups in total. The maximum atomic E-state index is 12.8. The van der Waals surface area contributed by atoms with E-state index in [-0.39, 0.29) is 24.1 Å². The van der Waals surface area contributed by atoms with Crippen LogP contribution in [0.25, 0.3) is 22.3 Å². The molecule has 0 amide bonds. The molecule has 0 aliphatic heterocycles. The molecule has 1 aromatic heterocycles. The fourth-order valence-electron chi connectivity index (χ4n) is 3.29. The van der Waals surface area contributed by atoms with Crippen LogP contribution in [0.5, 0.6) is 5.75 Å². The van der Waals surface area contributed by atoms with Crippen LogP contribution in [0.4, 0.5) is 5.69 Å². The second-order valence-electron chi connectivity index (χ2n) is 6.90. The fourth-order valence-corrected chi connectivity index (χ4v) is 3.73. The summed E-state index contributed by atoms with van der Waals surface area (Å²) in [5.41, 5.74) is 2.55. The molecule has 164 valence electrons. The quantitative estimate of drug-likeness (QED) is 0.236. The molecule has 0 radical (unpaired) electrons. The highest BCUT2D eigenvalue weighted by Crippen LogP contribution is 2.39. The van der Waals surface area contributed by atoms with E-state index in [0.717, 1.165) is 11.1 Å². The molecule has 0 saturated heterocycles. The van der Waals surface area contributed by atoms with Gasteiger partial charge in [0.1, 0.15) is 29.3 Å². The van der Waals surface area contributed by atoms with Crippen molar-refractivity contribution >= 4 is 38.6 Å². The number of fused-ring (bicyclic) bond motifs is 1. The molecule has 0 unspecified atom stereocenters. The molecule has 3 aromatic carbocycles. The van der Waals surface area contributed by atoms with E-state index in [1.165, 1.54) is 12.1 Å². The SMILES string of the molecule is CCOC(=O)c1c(-c2ccccc2)oc2cc(Br)c(OCc3ccc(N([O-])O)cc3)cc12. The summed E-state index contributed by atoms with van der Waals surface area (Å²) in [7, 11) is 0. The lowest BCUT2D eigenvalue weighted by molar-refractivity contribution is 0.0528. The van der Waals surface area contributed by atoms with E-state index in [2.05, 4.69) is 15.9 Å². The van der Waals surface area contributed by atoms with Gasteiger partial charge in [0.15, 0.2) is 0 Å². The molecule has 0 bridgehead atoms. The van der Waals surface area contributed by atoms with Gasteiger partial charge in [-0.25, -0.2) is 4.79 Å². The number of hydrogen-bond donors (Lipinski definition) is 1. The number of esters is 1. The van der Waals surface area contributed by atoms with Gasteiger partial charge in [0.2, 0.25) is 0 Å². The predicted octanol–water partition coefficient (Wildman–Crippen LogP) is 6.31. The summed E-state index contributed by atoms with van der Waals surface area (Å²) in [5, 5.41) is 20.3. The van der Waals surface area contributed by atoms with E-state index < -0.39 is 5.97 Å². The average Bonchev–Trinajstić information content (AvgIpc) is 3.16. The van der Waals surface area contributed by atoms with E-state index in [0.29, 0.717) is 32.5 Å². The smallest absolute Gasteiger partial charge is 0.342 e. The van der Waals surface area contributed by atoms with E-state index >= 15 is 0 Å². The third-order valence-corrected chi connectivity index (χ3v) is 5.43. The van der Waals surface area contributed by atoms with Crippen LogP contribution < -0.4 is 9.96 Å². The molecule has 32 heavy (non-hydrogen) atoms. The summed E-state index contributed by atoms with van der Waals surface area (Å²) in [6.45, 7) is 2.21. The molecule has 7 nitrogen and oxygen atoms in total. The van der Waals surface area contributed by atoms with Crippen molar-refractivity contribution in [3.05, 3.63) is 87.5 Å². The number of carbonyl (C=O) groups is 1. The van der Waals surface area contributed by atoms with E-state index in [1.807, 2.05) is 30.3 Å². The lowest BCUT2D eigenvalue weighted by Crippen LogP contribution is -2.07. The number of halogens is 1. The number of anilines is 1. The Bertz CT molecular complexity index is 1240. The van der Waals surface area contributed by atoms with Crippen LogP contribution in [0.15, 0.2) is 75.6 Å². The van der Waals surface area contributed by atoms with Crippen molar-refractivity contribution in [1.82, 2.24) is 0 Å². The van der Waals surface area contributed by atoms with Gasteiger partial charge < -0.3 is 24.3 Å². The molecule has 0 spiro atoms. The summed E-state index contributed by atoms with van der Waals surface area (Å²) < 4.78 is 17.9. The van der Waals surface area contributed by atoms with Crippen molar-refractivity contribution in [1.29, 1.82) is 0 Å². The second-order valence-corrected chi connectivity index (χ2v) is 7.75. The minimum Gasteiger partial charge on any atom is -0.733 e. The zero-order valence-corrected chi connectivity index (χ0v) is 18.7. The largest absolute Gasteiger partial charge is 0.733 e. The number of carbonyl (C=O) groups excluding carboxylic acids is 1. The normalized spacial score (nSPS) is 10.9. The van der Waals surface area contributed by atoms with Crippen molar-refractivity contribution in [2.45, 2.75) is 13.5 Å². The first-order valence-electron chi connectivity index (χ1n) is 9.84. The van der Waals surface area contributed by atoms with Gasteiger partial charge in [0, 0.05) is 10.9 Å². The highest BCUT2D eigenvalue weighted by Gasteiger charge is 2.24. The minimum atomic E-state index is -0.472.